The van der Waals surface area contributed by atoms with Crippen LogP contribution < -0.4 is 5.32 Å². The molecular formula is C17H29N3O2. The van der Waals surface area contributed by atoms with E-state index in [9.17, 15) is 4.79 Å². The van der Waals surface area contributed by atoms with E-state index in [0.29, 0.717) is 17.3 Å². The summed E-state index contributed by atoms with van der Waals surface area (Å²) in [7, 11) is 0. The molecule has 1 aromatic heterocycles. The van der Waals surface area contributed by atoms with Crippen LogP contribution in [0.5, 0.6) is 0 Å². The molecule has 1 amide bonds. The number of aromatic nitrogens is 1. The Bertz CT molecular complexity index is 488. The van der Waals surface area contributed by atoms with Gasteiger partial charge in [0.2, 0.25) is 5.76 Å². The summed E-state index contributed by atoms with van der Waals surface area (Å²) >= 11 is 0. The van der Waals surface area contributed by atoms with Crippen molar-refractivity contribution in [1.29, 1.82) is 0 Å². The summed E-state index contributed by atoms with van der Waals surface area (Å²) in [5.41, 5.74) is 0.682. The number of oxazole rings is 1. The quantitative estimate of drug-likeness (QED) is 0.877. The van der Waals surface area contributed by atoms with E-state index in [1.54, 1.807) is 0 Å². The van der Waals surface area contributed by atoms with Crippen LogP contribution in [0, 0.1) is 6.92 Å². The maximum absolute atomic E-state index is 12.4. The van der Waals surface area contributed by atoms with Gasteiger partial charge in [0.25, 0.3) is 5.91 Å². The minimum atomic E-state index is -0.121. The van der Waals surface area contributed by atoms with Crippen LogP contribution in [-0.2, 0) is 0 Å². The van der Waals surface area contributed by atoms with Gasteiger partial charge in [-0.1, -0.05) is 27.2 Å². The van der Waals surface area contributed by atoms with Crippen LogP contribution in [0.25, 0.3) is 0 Å². The third kappa shape index (κ3) is 4.32. The Morgan fingerprint density at radius 1 is 1.41 bits per heavy atom. The number of hydrogen-bond acceptors (Lipinski definition) is 4. The van der Waals surface area contributed by atoms with E-state index in [1.165, 1.54) is 19.4 Å². The van der Waals surface area contributed by atoms with Crippen molar-refractivity contribution >= 4 is 5.91 Å². The number of carbonyl (C=O) groups excluding carboxylic acids is 1. The Morgan fingerprint density at radius 3 is 2.64 bits per heavy atom. The van der Waals surface area contributed by atoms with E-state index in [4.69, 9.17) is 4.42 Å². The molecule has 1 aliphatic rings. The largest absolute Gasteiger partial charge is 0.435 e. The fourth-order valence-electron chi connectivity index (χ4n) is 2.81. The van der Waals surface area contributed by atoms with E-state index in [0.717, 1.165) is 25.9 Å². The molecule has 124 valence electrons. The highest BCUT2D eigenvalue weighted by atomic mass is 16.4. The zero-order chi connectivity index (χ0) is 16.1. The Balaban J connectivity index is 1.85. The van der Waals surface area contributed by atoms with Gasteiger partial charge in [-0.05, 0) is 32.7 Å². The molecule has 2 heterocycles. The van der Waals surface area contributed by atoms with Gasteiger partial charge >= 0.3 is 0 Å². The number of carbonyl (C=O) groups is 1. The van der Waals surface area contributed by atoms with E-state index >= 15 is 0 Å². The van der Waals surface area contributed by atoms with Gasteiger partial charge < -0.3 is 14.6 Å². The van der Waals surface area contributed by atoms with Crippen LogP contribution in [0.15, 0.2) is 4.42 Å². The summed E-state index contributed by atoms with van der Waals surface area (Å²) in [5, 5.41) is 3.11. The van der Waals surface area contributed by atoms with Gasteiger partial charge in [-0.3, -0.25) is 4.79 Å². The first-order valence-electron chi connectivity index (χ1n) is 8.51. The van der Waals surface area contributed by atoms with Crippen LogP contribution in [0.4, 0.5) is 0 Å². The lowest BCUT2D eigenvalue weighted by atomic mass is 10.0. The summed E-state index contributed by atoms with van der Waals surface area (Å²) in [6.45, 7) is 11.4. The van der Waals surface area contributed by atoms with Crippen LogP contribution in [0.3, 0.4) is 0 Å². The standard InChI is InChI=1S/C17H29N3O2/c1-5-6-9-20-10-7-14(8-11-20)19-16(21)15-13(4)18-17(22-15)12(2)3/h12,14H,5-11H2,1-4H3,(H,19,21). The average molecular weight is 307 g/mol. The Labute approximate surface area is 133 Å². The summed E-state index contributed by atoms with van der Waals surface area (Å²) in [4.78, 5) is 19.2. The fraction of sp³-hybridized carbons (Fsp3) is 0.765. The number of nitrogens with zero attached hydrogens (tertiary/aromatic N) is 2. The van der Waals surface area contributed by atoms with Gasteiger partial charge in [-0.2, -0.15) is 0 Å². The van der Waals surface area contributed by atoms with Crippen molar-refractivity contribution in [3.05, 3.63) is 17.3 Å². The zero-order valence-electron chi connectivity index (χ0n) is 14.3. The summed E-state index contributed by atoms with van der Waals surface area (Å²) in [6.07, 6.45) is 4.52. The molecule has 0 aliphatic carbocycles. The van der Waals surface area contributed by atoms with Crippen LogP contribution in [0.1, 0.15) is 74.5 Å². The molecule has 22 heavy (non-hydrogen) atoms. The third-order valence-corrected chi connectivity index (χ3v) is 4.26. The maximum atomic E-state index is 12.4. The molecule has 0 unspecified atom stereocenters. The average Bonchev–Trinajstić information content (AvgIpc) is 2.89. The van der Waals surface area contributed by atoms with Crippen molar-refractivity contribution in [3.8, 4) is 0 Å². The molecule has 1 aromatic rings. The molecule has 0 spiro atoms. The second kappa shape index (κ2) is 7.77. The predicted molar refractivity (Wildman–Crippen MR) is 87.2 cm³/mol. The smallest absolute Gasteiger partial charge is 0.289 e. The van der Waals surface area contributed by atoms with Crippen molar-refractivity contribution in [2.45, 2.75) is 65.3 Å². The zero-order valence-corrected chi connectivity index (χ0v) is 14.3. The summed E-state index contributed by atoms with van der Waals surface area (Å²) in [5.74, 6) is 1.08. The van der Waals surface area contributed by atoms with E-state index in [-0.39, 0.29) is 17.9 Å². The molecule has 0 bridgehead atoms. The molecular weight excluding hydrogens is 278 g/mol. The fourth-order valence-corrected chi connectivity index (χ4v) is 2.81. The topological polar surface area (TPSA) is 58.4 Å². The van der Waals surface area contributed by atoms with E-state index < -0.39 is 0 Å². The van der Waals surface area contributed by atoms with Gasteiger partial charge in [0, 0.05) is 25.0 Å². The molecule has 1 aliphatic heterocycles. The van der Waals surface area contributed by atoms with E-state index in [1.807, 2.05) is 20.8 Å². The lowest BCUT2D eigenvalue weighted by molar-refractivity contribution is 0.0880. The molecule has 2 rings (SSSR count). The van der Waals surface area contributed by atoms with Crippen molar-refractivity contribution in [2.24, 2.45) is 0 Å². The second-order valence-corrected chi connectivity index (χ2v) is 6.56. The number of unbranched alkanes of at least 4 members (excludes halogenated alkanes) is 1. The van der Waals surface area contributed by atoms with Gasteiger partial charge in [-0.25, -0.2) is 4.98 Å². The number of aryl methyl sites for hydroxylation is 1. The monoisotopic (exact) mass is 307 g/mol. The molecule has 0 aromatic carbocycles. The lowest BCUT2D eigenvalue weighted by Gasteiger charge is -2.32. The summed E-state index contributed by atoms with van der Waals surface area (Å²) < 4.78 is 5.62. The van der Waals surface area contributed by atoms with Crippen LogP contribution in [0.2, 0.25) is 0 Å². The first kappa shape index (κ1) is 17.0. The second-order valence-electron chi connectivity index (χ2n) is 6.56. The number of amides is 1. The van der Waals surface area contributed by atoms with Crippen LogP contribution in [-0.4, -0.2) is 41.5 Å². The first-order chi connectivity index (χ1) is 10.5. The van der Waals surface area contributed by atoms with Crippen LogP contribution >= 0.6 is 0 Å². The Morgan fingerprint density at radius 2 is 2.09 bits per heavy atom. The lowest BCUT2D eigenvalue weighted by Crippen LogP contribution is -2.44. The first-order valence-corrected chi connectivity index (χ1v) is 8.51. The van der Waals surface area contributed by atoms with E-state index in [2.05, 4.69) is 22.1 Å². The SMILES string of the molecule is CCCCN1CCC(NC(=O)c2oc(C(C)C)nc2C)CC1. The van der Waals surface area contributed by atoms with Crippen molar-refractivity contribution < 1.29 is 9.21 Å². The highest BCUT2D eigenvalue weighted by Crippen LogP contribution is 2.18. The van der Waals surface area contributed by atoms with Gasteiger partial charge in [0.15, 0.2) is 5.89 Å². The molecule has 0 radical (unpaired) electrons. The molecule has 1 fully saturated rings. The molecule has 0 atom stereocenters. The minimum Gasteiger partial charge on any atom is -0.435 e. The number of likely N-dealkylation sites (tertiary alicyclic amines) is 1. The Kier molecular flexibility index (Phi) is 6.00. The van der Waals surface area contributed by atoms with Gasteiger partial charge in [0.05, 0.1) is 5.69 Å². The molecule has 5 nitrogen and oxygen atoms in total. The molecule has 1 saturated heterocycles. The van der Waals surface area contributed by atoms with Crippen molar-refractivity contribution in [3.63, 3.8) is 0 Å². The van der Waals surface area contributed by atoms with Crippen molar-refractivity contribution in [1.82, 2.24) is 15.2 Å². The third-order valence-electron chi connectivity index (χ3n) is 4.26. The normalized spacial score (nSPS) is 17.1. The van der Waals surface area contributed by atoms with Gasteiger partial charge in [-0.15, -0.1) is 0 Å². The number of nitrogens with one attached hydrogen (secondary N) is 1. The summed E-state index contributed by atoms with van der Waals surface area (Å²) in [6, 6.07) is 0.248. The number of rotatable bonds is 6. The van der Waals surface area contributed by atoms with Crippen molar-refractivity contribution in [2.75, 3.05) is 19.6 Å². The highest BCUT2D eigenvalue weighted by molar-refractivity contribution is 5.92. The number of hydrogen-bond donors (Lipinski definition) is 1. The Hall–Kier alpha value is -1.36. The maximum Gasteiger partial charge on any atom is 0.289 e. The number of piperidine rings is 1. The van der Waals surface area contributed by atoms with Gasteiger partial charge in [0.1, 0.15) is 0 Å². The predicted octanol–water partition coefficient (Wildman–Crippen LogP) is 3.10. The highest BCUT2D eigenvalue weighted by Gasteiger charge is 2.24. The molecule has 5 heteroatoms. The molecule has 1 N–H and O–H groups in total. The minimum absolute atomic E-state index is 0.121. The molecule has 0 saturated carbocycles.